The molecule has 2 N–H and O–H groups in total. The molecule has 1 aromatic heterocycles. The summed E-state index contributed by atoms with van der Waals surface area (Å²) in [7, 11) is 0. The molecule has 0 bridgehead atoms. The van der Waals surface area contributed by atoms with Gasteiger partial charge in [0.05, 0.1) is 11.2 Å². The summed E-state index contributed by atoms with van der Waals surface area (Å²) in [6, 6.07) is 19.6. The maximum absolute atomic E-state index is 13.3. The van der Waals surface area contributed by atoms with E-state index in [4.69, 9.17) is 0 Å². The number of nitrogens with zero attached hydrogens (tertiary/aromatic N) is 1. The molecule has 0 aliphatic carbocycles. The Hall–Kier alpha value is -3.86. The van der Waals surface area contributed by atoms with Gasteiger partial charge >= 0.3 is 0 Å². The van der Waals surface area contributed by atoms with E-state index in [2.05, 4.69) is 0 Å². The van der Waals surface area contributed by atoms with Crippen LogP contribution in [0.1, 0.15) is 20.7 Å². The first kappa shape index (κ1) is 16.6. The summed E-state index contributed by atoms with van der Waals surface area (Å²) in [4.78, 5) is 25.2. The SMILES string of the molecule is O=Cc1c(-c2ccc(O)cc2)n(C(=O)c2ccccc2)c2cc(O)ccc12. The molecule has 0 saturated heterocycles. The van der Waals surface area contributed by atoms with Crippen LogP contribution in [0.4, 0.5) is 0 Å². The van der Waals surface area contributed by atoms with E-state index in [0.717, 1.165) is 0 Å². The topological polar surface area (TPSA) is 79.5 Å². The van der Waals surface area contributed by atoms with Crippen molar-refractivity contribution < 1.29 is 19.8 Å². The first-order valence-electron chi connectivity index (χ1n) is 8.32. The van der Waals surface area contributed by atoms with E-state index in [0.29, 0.717) is 39.6 Å². The Morgan fingerprint density at radius 3 is 2.19 bits per heavy atom. The summed E-state index contributed by atoms with van der Waals surface area (Å²) in [5.41, 5.74) is 2.26. The van der Waals surface area contributed by atoms with E-state index in [9.17, 15) is 19.8 Å². The predicted molar refractivity (Wildman–Crippen MR) is 102 cm³/mol. The van der Waals surface area contributed by atoms with Gasteiger partial charge in [0.1, 0.15) is 11.5 Å². The molecule has 0 fully saturated rings. The molecule has 5 nitrogen and oxygen atoms in total. The van der Waals surface area contributed by atoms with E-state index in [1.807, 2.05) is 6.07 Å². The highest BCUT2D eigenvalue weighted by molar-refractivity contribution is 6.13. The summed E-state index contributed by atoms with van der Waals surface area (Å²) >= 11 is 0. The fraction of sp³-hybridized carbons (Fsp3) is 0. The Morgan fingerprint density at radius 2 is 1.52 bits per heavy atom. The van der Waals surface area contributed by atoms with E-state index in [1.165, 1.54) is 28.8 Å². The van der Waals surface area contributed by atoms with Crippen LogP contribution in [0.5, 0.6) is 11.5 Å². The summed E-state index contributed by atoms with van der Waals surface area (Å²) in [6.07, 6.45) is 0.705. The molecular weight excluding hydrogens is 342 g/mol. The van der Waals surface area contributed by atoms with Crippen LogP contribution in [-0.4, -0.2) is 27.0 Å². The van der Waals surface area contributed by atoms with Gasteiger partial charge in [-0.1, -0.05) is 18.2 Å². The number of aromatic nitrogens is 1. The highest BCUT2D eigenvalue weighted by atomic mass is 16.3. The van der Waals surface area contributed by atoms with Crippen molar-refractivity contribution in [2.24, 2.45) is 0 Å². The van der Waals surface area contributed by atoms with Crippen LogP contribution in [0.3, 0.4) is 0 Å². The van der Waals surface area contributed by atoms with Gasteiger partial charge in [-0.25, -0.2) is 0 Å². The number of fused-ring (bicyclic) bond motifs is 1. The van der Waals surface area contributed by atoms with Gasteiger partial charge in [-0.15, -0.1) is 0 Å². The van der Waals surface area contributed by atoms with Crippen molar-refractivity contribution in [1.29, 1.82) is 0 Å². The number of carbonyl (C=O) groups is 2. The lowest BCUT2D eigenvalue weighted by Gasteiger charge is -2.11. The van der Waals surface area contributed by atoms with Gasteiger partial charge in [0.2, 0.25) is 0 Å². The minimum Gasteiger partial charge on any atom is -0.508 e. The number of carbonyl (C=O) groups excluding carboxylic acids is 2. The number of phenols is 2. The standard InChI is InChI=1S/C22H15NO4/c24-13-19-18-11-10-17(26)12-20(18)23(22(27)15-4-2-1-3-5-15)21(19)14-6-8-16(25)9-7-14/h1-13,25-26H. The molecule has 0 aliphatic rings. The van der Waals surface area contributed by atoms with Crippen LogP contribution in [0.25, 0.3) is 22.2 Å². The number of aldehydes is 1. The normalized spacial score (nSPS) is 10.8. The average Bonchev–Trinajstić information content (AvgIpc) is 3.02. The highest BCUT2D eigenvalue weighted by Crippen LogP contribution is 2.35. The highest BCUT2D eigenvalue weighted by Gasteiger charge is 2.23. The van der Waals surface area contributed by atoms with Gasteiger partial charge in [-0.3, -0.25) is 14.2 Å². The molecule has 0 spiro atoms. The molecular formula is C22H15NO4. The zero-order valence-electron chi connectivity index (χ0n) is 14.2. The zero-order chi connectivity index (χ0) is 19.0. The Kier molecular flexibility index (Phi) is 3.97. The minimum atomic E-state index is -0.317. The van der Waals surface area contributed by atoms with Crippen LogP contribution in [0.2, 0.25) is 0 Å². The van der Waals surface area contributed by atoms with Crippen LogP contribution in [0, 0.1) is 0 Å². The quantitative estimate of drug-likeness (QED) is 0.538. The van der Waals surface area contributed by atoms with E-state index < -0.39 is 0 Å². The summed E-state index contributed by atoms with van der Waals surface area (Å²) < 4.78 is 1.43. The van der Waals surface area contributed by atoms with Gasteiger partial charge in [0, 0.05) is 22.6 Å². The number of phenolic OH excluding ortho intramolecular Hbond substituents is 2. The lowest BCUT2D eigenvalue weighted by molar-refractivity contribution is 0.0966. The Balaban J connectivity index is 2.10. The van der Waals surface area contributed by atoms with Crippen LogP contribution in [-0.2, 0) is 0 Å². The summed E-state index contributed by atoms with van der Waals surface area (Å²) in [5.74, 6) is -0.236. The monoisotopic (exact) mass is 357 g/mol. The molecule has 0 amide bonds. The van der Waals surface area contributed by atoms with Crippen molar-refractivity contribution >= 4 is 23.1 Å². The van der Waals surface area contributed by atoms with Crippen LogP contribution >= 0.6 is 0 Å². The van der Waals surface area contributed by atoms with E-state index in [1.54, 1.807) is 42.5 Å². The minimum absolute atomic E-state index is 0.00295. The van der Waals surface area contributed by atoms with Crippen molar-refractivity contribution in [2.45, 2.75) is 0 Å². The number of hydrogen-bond donors (Lipinski definition) is 2. The van der Waals surface area contributed by atoms with Gasteiger partial charge < -0.3 is 10.2 Å². The first-order valence-corrected chi connectivity index (χ1v) is 8.32. The van der Waals surface area contributed by atoms with Crippen LogP contribution < -0.4 is 0 Å². The average molecular weight is 357 g/mol. The third-order valence-electron chi connectivity index (χ3n) is 4.47. The molecule has 3 aromatic carbocycles. The van der Waals surface area contributed by atoms with Gasteiger partial charge in [-0.05, 0) is 54.1 Å². The maximum Gasteiger partial charge on any atom is 0.262 e. The number of hydrogen-bond acceptors (Lipinski definition) is 4. The van der Waals surface area contributed by atoms with Crippen molar-refractivity contribution in [1.82, 2.24) is 4.57 Å². The summed E-state index contributed by atoms with van der Waals surface area (Å²) in [6.45, 7) is 0. The van der Waals surface area contributed by atoms with Crippen LogP contribution in [0.15, 0.2) is 72.8 Å². The lowest BCUT2D eigenvalue weighted by atomic mass is 10.1. The number of rotatable bonds is 3. The lowest BCUT2D eigenvalue weighted by Crippen LogP contribution is -2.13. The fourth-order valence-electron chi connectivity index (χ4n) is 3.25. The number of benzene rings is 3. The molecule has 4 aromatic rings. The maximum atomic E-state index is 13.3. The van der Waals surface area contributed by atoms with Crippen molar-refractivity contribution in [2.75, 3.05) is 0 Å². The van der Waals surface area contributed by atoms with Gasteiger partial charge in [0.25, 0.3) is 5.91 Å². The molecule has 0 atom stereocenters. The fourth-order valence-corrected chi connectivity index (χ4v) is 3.25. The molecule has 1 heterocycles. The predicted octanol–water partition coefficient (Wildman–Crippen LogP) is 4.22. The molecule has 0 unspecified atom stereocenters. The van der Waals surface area contributed by atoms with Crippen molar-refractivity contribution in [3.63, 3.8) is 0 Å². The van der Waals surface area contributed by atoms with Crippen molar-refractivity contribution in [3.05, 3.63) is 83.9 Å². The zero-order valence-corrected chi connectivity index (χ0v) is 14.2. The second-order valence-corrected chi connectivity index (χ2v) is 6.14. The third kappa shape index (κ3) is 2.75. The molecule has 0 aliphatic heterocycles. The molecule has 0 saturated carbocycles. The largest absolute Gasteiger partial charge is 0.508 e. The van der Waals surface area contributed by atoms with Gasteiger partial charge in [-0.2, -0.15) is 0 Å². The second kappa shape index (κ2) is 6.46. The Bertz CT molecular complexity index is 1160. The van der Waals surface area contributed by atoms with E-state index >= 15 is 0 Å². The Morgan fingerprint density at radius 1 is 0.852 bits per heavy atom. The van der Waals surface area contributed by atoms with E-state index in [-0.39, 0.29) is 17.4 Å². The molecule has 0 radical (unpaired) electrons. The smallest absolute Gasteiger partial charge is 0.262 e. The second-order valence-electron chi connectivity index (χ2n) is 6.14. The molecule has 4 rings (SSSR count). The molecule has 132 valence electrons. The first-order chi connectivity index (χ1) is 13.1. The summed E-state index contributed by atoms with van der Waals surface area (Å²) in [5, 5.41) is 20.1. The molecule has 27 heavy (non-hydrogen) atoms. The third-order valence-corrected chi connectivity index (χ3v) is 4.47. The number of aromatic hydroxyl groups is 2. The molecule has 5 heteroatoms. The Labute approximate surface area is 154 Å². The van der Waals surface area contributed by atoms with Gasteiger partial charge in [0.15, 0.2) is 6.29 Å². The van der Waals surface area contributed by atoms with Crippen molar-refractivity contribution in [3.8, 4) is 22.8 Å².